The molecule has 0 atom stereocenters. The minimum atomic E-state index is 0. The van der Waals surface area contributed by atoms with Crippen LogP contribution in [0.3, 0.4) is 0 Å². The van der Waals surface area contributed by atoms with Crippen molar-refractivity contribution in [1.29, 1.82) is 0 Å². The molecular weight excluding hydrogens is 224 g/mol. The minimum Gasteiger partial charge on any atom is -2.00 e. The summed E-state index contributed by atoms with van der Waals surface area (Å²) in [5.41, 5.74) is 0. The minimum absolute atomic E-state index is 0. The van der Waals surface area contributed by atoms with Gasteiger partial charge in [0, 0.05) is 0 Å². The van der Waals surface area contributed by atoms with Gasteiger partial charge in [-0.3, -0.25) is 0 Å². The Morgan fingerprint density at radius 1 is 0.333 bits per heavy atom. The Bertz CT molecular complexity index is 5.51. The maximum Gasteiger partial charge on any atom is 4.00 e. The molecule has 32 valence electrons. The van der Waals surface area contributed by atoms with Gasteiger partial charge in [0.2, 0.25) is 0 Å². The van der Waals surface area contributed by atoms with Gasteiger partial charge in [-0.15, -0.1) is 0 Å². The van der Waals surface area contributed by atoms with Crippen LogP contribution in [0, 0.1) is 0 Å². The van der Waals surface area contributed by atoms with Crippen molar-refractivity contribution >= 4 is 54.0 Å². The molecule has 6 heavy (non-hydrogen) atoms. The second kappa shape index (κ2) is 45.6. The molecule has 0 aliphatic rings. The third kappa shape index (κ3) is 29.0. The number of rotatable bonds is 0. The first kappa shape index (κ1) is 67.6. The molecule has 0 aliphatic carbocycles. The molecule has 0 amide bonds. The molecule has 0 saturated heterocycles. The van der Waals surface area contributed by atoms with Gasteiger partial charge in [0.1, 0.15) is 0 Å². The Morgan fingerprint density at radius 3 is 0.333 bits per heavy atom. The molecule has 0 N–H and O–H groups in total. The van der Waals surface area contributed by atoms with Gasteiger partial charge in [0.25, 0.3) is 0 Å². The van der Waals surface area contributed by atoms with Gasteiger partial charge < -0.3 is 54.0 Å². The number of hydrogen-bond donors (Lipinski definition) is 0. The summed E-state index contributed by atoms with van der Waals surface area (Å²) in [6.07, 6.45) is 0. The van der Waals surface area contributed by atoms with E-state index in [0.717, 1.165) is 0 Å². The van der Waals surface area contributed by atoms with Crippen LogP contribution in [0.1, 0.15) is 0 Å². The van der Waals surface area contributed by atoms with Crippen molar-refractivity contribution in [3.8, 4) is 0 Å². The Kier molecular flexibility index (Phi) is 514. The molecule has 0 radical (unpaired) electrons. The van der Waals surface area contributed by atoms with E-state index in [9.17, 15) is 0 Å². The summed E-state index contributed by atoms with van der Waals surface area (Å²) in [6, 6.07) is 0. The number of hydrogen-bond acceptors (Lipinski definition) is 0. The predicted octanol–water partition coefficient (Wildman–Crippen LogP) is -0.0146. The monoisotopic (exact) mass is 224 g/mol. The Hall–Kier alpha value is 2.83. The van der Waals surface area contributed by atoms with Crippen molar-refractivity contribution in [2.24, 2.45) is 0 Å². The van der Waals surface area contributed by atoms with E-state index in [4.69, 9.17) is 0 Å². The van der Waals surface area contributed by atoms with Gasteiger partial charge >= 0.3 is 43.4 Å². The fourth-order valence-electron chi connectivity index (χ4n) is 0. The van der Waals surface area contributed by atoms with Crippen molar-refractivity contribution in [2.75, 3.05) is 0 Å². The van der Waals surface area contributed by atoms with Crippen LogP contribution < -0.4 is 0 Å². The summed E-state index contributed by atoms with van der Waals surface area (Å²) in [7, 11) is 0. The summed E-state index contributed by atoms with van der Waals surface area (Å²) >= 11 is 0. The maximum absolute atomic E-state index is 0. The Balaban J connectivity index is 0. The standard InChI is InChI=1S/4S.2Ti/q4*-2;2*+4. The van der Waals surface area contributed by atoms with E-state index in [-0.39, 0.29) is 97.4 Å². The maximum atomic E-state index is 0. The van der Waals surface area contributed by atoms with Crippen LogP contribution in [-0.4, -0.2) is 0 Å². The van der Waals surface area contributed by atoms with E-state index < -0.39 is 0 Å². The second-order valence-corrected chi connectivity index (χ2v) is 0. The van der Waals surface area contributed by atoms with Gasteiger partial charge in [0.05, 0.1) is 0 Å². The van der Waals surface area contributed by atoms with Crippen LogP contribution in [-0.2, 0) is 97.4 Å². The van der Waals surface area contributed by atoms with E-state index in [1.165, 1.54) is 0 Å². The van der Waals surface area contributed by atoms with Gasteiger partial charge in [-0.05, 0) is 0 Å². The zero-order valence-electron chi connectivity index (χ0n) is 2.63. The zero-order chi connectivity index (χ0) is 0. The fraction of sp³-hybridized carbons (Fsp3) is 0. The summed E-state index contributed by atoms with van der Waals surface area (Å²) in [5.74, 6) is 0. The summed E-state index contributed by atoms with van der Waals surface area (Å²) in [5, 5.41) is 0. The molecule has 0 rings (SSSR count). The fourth-order valence-corrected chi connectivity index (χ4v) is 0. The van der Waals surface area contributed by atoms with E-state index in [0.29, 0.717) is 0 Å². The van der Waals surface area contributed by atoms with Crippen LogP contribution in [0.2, 0.25) is 0 Å². The summed E-state index contributed by atoms with van der Waals surface area (Å²) in [4.78, 5) is 0. The second-order valence-electron chi connectivity index (χ2n) is 0. The van der Waals surface area contributed by atoms with Crippen LogP contribution in [0.4, 0.5) is 0 Å². The molecule has 0 aromatic carbocycles. The van der Waals surface area contributed by atoms with E-state index in [1.807, 2.05) is 0 Å². The molecular formula is S4Ti2. The van der Waals surface area contributed by atoms with Crippen LogP contribution >= 0.6 is 0 Å². The largest absolute Gasteiger partial charge is 4.00 e. The molecule has 0 bridgehead atoms. The van der Waals surface area contributed by atoms with Crippen molar-refractivity contribution < 1.29 is 43.4 Å². The van der Waals surface area contributed by atoms with Crippen molar-refractivity contribution in [3.63, 3.8) is 0 Å². The van der Waals surface area contributed by atoms with Crippen LogP contribution in [0.15, 0.2) is 0 Å². The predicted molar refractivity (Wildman–Crippen MR) is 29.5 cm³/mol. The van der Waals surface area contributed by atoms with Gasteiger partial charge in [-0.1, -0.05) is 0 Å². The van der Waals surface area contributed by atoms with E-state index >= 15 is 0 Å². The first-order chi connectivity index (χ1) is 0. The molecule has 0 aromatic heterocycles. The van der Waals surface area contributed by atoms with E-state index in [2.05, 4.69) is 0 Å². The molecule has 0 fully saturated rings. The van der Waals surface area contributed by atoms with Crippen LogP contribution in [0.25, 0.3) is 0 Å². The van der Waals surface area contributed by atoms with Gasteiger partial charge in [-0.2, -0.15) is 0 Å². The first-order valence-electron chi connectivity index (χ1n) is 0. The van der Waals surface area contributed by atoms with Crippen molar-refractivity contribution in [3.05, 3.63) is 0 Å². The molecule has 0 heterocycles. The molecule has 0 unspecified atom stereocenters. The molecule has 0 nitrogen and oxygen atoms in total. The molecule has 0 aromatic rings. The molecule has 0 aliphatic heterocycles. The first-order valence-corrected chi connectivity index (χ1v) is 0. The molecule has 0 spiro atoms. The van der Waals surface area contributed by atoms with Crippen molar-refractivity contribution in [2.45, 2.75) is 0 Å². The summed E-state index contributed by atoms with van der Waals surface area (Å²) < 4.78 is 0. The topological polar surface area (TPSA) is 0 Å². The smallest absolute Gasteiger partial charge is 2.00 e. The van der Waals surface area contributed by atoms with Crippen molar-refractivity contribution in [1.82, 2.24) is 0 Å². The van der Waals surface area contributed by atoms with Gasteiger partial charge in [0.15, 0.2) is 0 Å². The average Bonchev–Trinajstić information content (AvgIpc) is 0. The average molecular weight is 224 g/mol. The van der Waals surface area contributed by atoms with Crippen LogP contribution in [0.5, 0.6) is 0 Å². The SMILES string of the molecule is [S-2].[S-2].[S-2].[S-2].[Ti+4].[Ti+4]. The quantitative estimate of drug-likeness (QED) is 0.507. The Morgan fingerprint density at radius 2 is 0.333 bits per heavy atom. The third-order valence-corrected chi connectivity index (χ3v) is 0. The summed E-state index contributed by atoms with van der Waals surface area (Å²) in [6.45, 7) is 0. The molecule has 0 saturated carbocycles. The molecule has 6 heteroatoms. The van der Waals surface area contributed by atoms with Gasteiger partial charge in [-0.25, -0.2) is 0 Å². The Labute approximate surface area is 96.2 Å². The normalized spacial score (nSPS) is 0. The third-order valence-electron chi connectivity index (χ3n) is 0. The van der Waals surface area contributed by atoms with E-state index in [1.54, 1.807) is 0 Å². The zero-order valence-corrected chi connectivity index (χ0v) is 9.02.